The summed E-state index contributed by atoms with van der Waals surface area (Å²) in [4.78, 5) is 22.4. The van der Waals surface area contributed by atoms with Crippen molar-refractivity contribution in [1.29, 1.82) is 0 Å². The van der Waals surface area contributed by atoms with Crippen LogP contribution in [0.15, 0.2) is 0 Å². The molecule has 3 atom stereocenters. The highest BCUT2D eigenvalue weighted by molar-refractivity contribution is 5.81. The van der Waals surface area contributed by atoms with Gasteiger partial charge in [-0.1, -0.05) is 40.0 Å². The van der Waals surface area contributed by atoms with Crippen LogP contribution in [0.4, 0.5) is 0 Å². The summed E-state index contributed by atoms with van der Waals surface area (Å²) >= 11 is 0. The van der Waals surface area contributed by atoms with Gasteiger partial charge in [-0.15, -0.1) is 0 Å². The van der Waals surface area contributed by atoms with Crippen molar-refractivity contribution >= 4 is 11.9 Å². The lowest BCUT2D eigenvalue weighted by Gasteiger charge is -2.19. The molecule has 5 heteroatoms. The number of hydrogen-bond acceptors (Lipinski definition) is 3. The van der Waals surface area contributed by atoms with Crippen molar-refractivity contribution in [2.24, 2.45) is 17.6 Å². The molecule has 0 bridgehead atoms. The molecule has 0 aliphatic heterocycles. The van der Waals surface area contributed by atoms with E-state index >= 15 is 0 Å². The molecule has 0 saturated heterocycles. The minimum Gasteiger partial charge on any atom is -0.481 e. The third kappa shape index (κ3) is 8.15. The van der Waals surface area contributed by atoms with Crippen molar-refractivity contribution in [2.75, 3.05) is 6.54 Å². The molecule has 0 aromatic heterocycles. The fraction of sp³-hybridized carbons (Fsp3) is 0.867. The second-order valence-corrected chi connectivity index (χ2v) is 5.58. The third-order valence-electron chi connectivity index (χ3n) is 3.87. The second-order valence-electron chi connectivity index (χ2n) is 5.58. The molecule has 0 aromatic rings. The first-order chi connectivity index (χ1) is 9.42. The van der Waals surface area contributed by atoms with Crippen LogP contribution < -0.4 is 11.1 Å². The summed E-state index contributed by atoms with van der Waals surface area (Å²) in [5, 5.41) is 11.6. The molecule has 0 heterocycles. The number of carboxylic acids is 1. The number of carboxylic acid groups (broad SMARTS) is 1. The maximum atomic E-state index is 11.8. The summed E-state index contributed by atoms with van der Waals surface area (Å²) < 4.78 is 0. The Balaban J connectivity index is 4.03. The van der Waals surface area contributed by atoms with E-state index in [-0.39, 0.29) is 18.2 Å². The van der Waals surface area contributed by atoms with Crippen molar-refractivity contribution in [3.63, 3.8) is 0 Å². The molecule has 0 aliphatic carbocycles. The summed E-state index contributed by atoms with van der Waals surface area (Å²) in [6.07, 6.45) is 4.61. The molecule has 4 N–H and O–H groups in total. The highest BCUT2D eigenvalue weighted by Crippen LogP contribution is 2.17. The van der Waals surface area contributed by atoms with E-state index in [1.165, 1.54) is 0 Å². The van der Waals surface area contributed by atoms with Gasteiger partial charge in [0.05, 0.1) is 6.04 Å². The summed E-state index contributed by atoms with van der Waals surface area (Å²) in [5.41, 5.74) is 5.86. The predicted molar refractivity (Wildman–Crippen MR) is 80.3 cm³/mol. The smallest absolute Gasteiger partial charge is 0.303 e. The van der Waals surface area contributed by atoms with Crippen LogP contribution >= 0.6 is 0 Å². The molecule has 0 aromatic carbocycles. The highest BCUT2D eigenvalue weighted by Gasteiger charge is 2.19. The van der Waals surface area contributed by atoms with Gasteiger partial charge in [-0.3, -0.25) is 9.59 Å². The third-order valence-corrected chi connectivity index (χ3v) is 3.87. The Labute approximate surface area is 122 Å². The monoisotopic (exact) mass is 286 g/mol. The van der Waals surface area contributed by atoms with Crippen LogP contribution in [0.25, 0.3) is 0 Å². The minimum absolute atomic E-state index is 0.104. The molecular formula is C15H30N2O3. The van der Waals surface area contributed by atoms with Crippen LogP contribution in [-0.2, 0) is 9.59 Å². The Bertz CT molecular complexity index is 295. The van der Waals surface area contributed by atoms with Crippen molar-refractivity contribution in [3.8, 4) is 0 Å². The van der Waals surface area contributed by atoms with E-state index in [1.807, 2.05) is 13.8 Å². The molecule has 20 heavy (non-hydrogen) atoms. The van der Waals surface area contributed by atoms with Gasteiger partial charge in [-0.25, -0.2) is 0 Å². The zero-order valence-electron chi connectivity index (χ0n) is 13.0. The van der Waals surface area contributed by atoms with Crippen molar-refractivity contribution < 1.29 is 14.7 Å². The van der Waals surface area contributed by atoms with Crippen LogP contribution in [0, 0.1) is 11.8 Å². The molecule has 0 saturated carbocycles. The average Bonchev–Trinajstić information content (AvgIpc) is 2.42. The summed E-state index contributed by atoms with van der Waals surface area (Å²) in [5.74, 6) is -0.327. The van der Waals surface area contributed by atoms with E-state index < -0.39 is 12.0 Å². The standard InChI is InChI=1S/C15H30N2O3/c1-4-6-12(7-8-13(18)19)9-10-17-15(20)14(16)11(3)5-2/h11-12,14H,4-10,16H2,1-3H3,(H,17,20)(H,18,19)/t11?,12?,14-/m0/s1. The number of rotatable bonds is 11. The van der Waals surface area contributed by atoms with Gasteiger partial charge < -0.3 is 16.2 Å². The highest BCUT2D eigenvalue weighted by atomic mass is 16.4. The van der Waals surface area contributed by atoms with Crippen molar-refractivity contribution in [2.45, 2.75) is 65.3 Å². The maximum Gasteiger partial charge on any atom is 0.303 e. The first kappa shape index (κ1) is 18.9. The molecule has 0 aliphatic rings. The van der Waals surface area contributed by atoms with E-state index in [0.717, 1.165) is 25.7 Å². The van der Waals surface area contributed by atoms with Crippen LogP contribution in [0.1, 0.15) is 59.3 Å². The fourth-order valence-corrected chi connectivity index (χ4v) is 2.20. The van der Waals surface area contributed by atoms with Crippen LogP contribution in [0.5, 0.6) is 0 Å². The summed E-state index contributed by atoms with van der Waals surface area (Å²) in [7, 11) is 0. The van der Waals surface area contributed by atoms with Crippen LogP contribution in [0.3, 0.4) is 0 Å². The number of hydrogen-bond donors (Lipinski definition) is 3. The van der Waals surface area contributed by atoms with Gasteiger partial charge in [0.25, 0.3) is 0 Å². The number of amides is 1. The number of nitrogens with one attached hydrogen (secondary N) is 1. The number of aliphatic carboxylic acids is 1. The molecule has 0 rings (SSSR count). The average molecular weight is 286 g/mol. The Morgan fingerprint density at radius 3 is 2.35 bits per heavy atom. The Hall–Kier alpha value is -1.10. The lowest BCUT2D eigenvalue weighted by Crippen LogP contribution is -2.45. The molecule has 2 unspecified atom stereocenters. The quantitative estimate of drug-likeness (QED) is 0.542. The largest absolute Gasteiger partial charge is 0.481 e. The fourth-order valence-electron chi connectivity index (χ4n) is 2.20. The lowest BCUT2D eigenvalue weighted by atomic mass is 9.94. The van der Waals surface area contributed by atoms with E-state index in [9.17, 15) is 9.59 Å². The SMILES string of the molecule is CCCC(CCNC(=O)[C@@H](N)C(C)CC)CCC(=O)O. The van der Waals surface area contributed by atoms with Crippen molar-refractivity contribution in [1.82, 2.24) is 5.32 Å². The first-order valence-corrected chi connectivity index (χ1v) is 7.67. The minimum atomic E-state index is -0.756. The summed E-state index contributed by atoms with van der Waals surface area (Å²) in [6.45, 7) is 6.65. The Kier molecular flexibility index (Phi) is 10.1. The number of nitrogens with two attached hydrogens (primary N) is 1. The Morgan fingerprint density at radius 2 is 1.85 bits per heavy atom. The first-order valence-electron chi connectivity index (χ1n) is 7.67. The molecule has 118 valence electrons. The van der Waals surface area contributed by atoms with Gasteiger partial charge in [-0.2, -0.15) is 0 Å². The number of carbonyl (C=O) groups excluding carboxylic acids is 1. The normalized spacial score (nSPS) is 15.4. The zero-order valence-corrected chi connectivity index (χ0v) is 13.0. The molecular weight excluding hydrogens is 256 g/mol. The van der Waals surface area contributed by atoms with Gasteiger partial charge in [0.2, 0.25) is 5.91 Å². The van der Waals surface area contributed by atoms with Gasteiger partial charge in [0.1, 0.15) is 0 Å². The van der Waals surface area contributed by atoms with E-state index in [2.05, 4.69) is 12.2 Å². The van der Waals surface area contributed by atoms with E-state index in [0.29, 0.717) is 18.9 Å². The number of carbonyl (C=O) groups is 2. The van der Waals surface area contributed by atoms with Gasteiger partial charge in [-0.05, 0) is 24.7 Å². The topological polar surface area (TPSA) is 92.4 Å². The van der Waals surface area contributed by atoms with Gasteiger partial charge in [0, 0.05) is 13.0 Å². The molecule has 5 nitrogen and oxygen atoms in total. The lowest BCUT2D eigenvalue weighted by molar-refractivity contribution is -0.137. The van der Waals surface area contributed by atoms with Gasteiger partial charge in [0.15, 0.2) is 0 Å². The summed E-state index contributed by atoms with van der Waals surface area (Å²) in [6, 6.07) is -0.455. The molecule has 1 amide bonds. The molecule has 0 spiro atoms. The second kappa shape index (κ2) is 10.7. The van der Waals surface area contributed by atoms with Crippen molar-refractivity contribution in [3.05, 3.63) is 0 Å². The molecule has 0 fully saturated rings. The maximum absolute atomic E-state index is 11.8. The zero-order chi connectivity index (χ0) is 15.5. The van der Waals surface area contributed by atoms with Gasteiger partial charge >= 0.3 is 5.97 Å². The predicted octanol–water partition coefficient (Wildman–Crippen LogP) is 2.15. The van der Waals surface area contributed by atoms with Crippen LogP contribution in [-0.4, -0.2) is 29.6 Å². The molecule has 0 radical (unpaired) electrons. The van der Waals surface area contributed by atoms with E-state index in [4.69, 9.17) is 10.8 Å². The van der Waals surface area contributed by atoms with E-state index in [1.54, 1.807) is 0 Å². The Morgan fingerprint density at radius 1 is 1.20 bits per heavy atom. The van der Waals surface area contributed by atoms with Crippen LogP contribution in [0.2, 0.25) is 0 Å².